The third-order valence-corrected chi connectivity index (χ3v) is 11.5. The number of fused-ring (bicyclic) bond motifs is 1. The van der Waals surface area contributed by atoms with Crippen molar-refractivity contribution in [3.8, 4) is 0 Å². The lowest BCUT2D eigenvalue weighted by Gasteiger charge is -2.35. The lowest BCUT2D eigenvalue weighted by Crippen LogP contribution is -2.40. The van der Waals surface area contributed by atoms with E-state index in [0.717, 1.165) is 57.0 Å². The molecule has 1 N–H and O–H groups in total. The van der Waals surface area contributed by atoms with Gasteiger partial charge in [0.1, 0.15) is 5.76 Å². The van der Waals surface area contributed by atoms with Crippen molar-refractivity contribution >= 4 is 30.6 Å². The third-order valence-electron chi connectivity index (χ3n) is 6.33. The molecule has 0 saturated carbocycles. The van der Waals surface area contributed by atoms with E-state index in [0.29, 0.717) is 5.56 Å². The summed E-state index contributed by atoms with van der Waals surface area (Å²) in [5.74, 6) is -2.10. The predicted molar refractivity (Wildman–Crippen MR) is 132 cm³/mol. The first-order valence-corrected chi connectivity index (χ1v) is 14.4. The van der Waals surface area contributed by atoms with Crippen molar-refractivity contribution in [2.24, 2.45) is 0 Å². The van der Waals surface area contributed by atoms with Crippen LogP contribution in [0.2, 0.25) is 0 Å². The van der Waals surface area contributed by atoms with Gasteiger partial charge in [0.05, 0.1) is 30.7 Å². The van der Waals surface area contributed by atoms with E-state index >= 15 is 0 Å². The molecule has 0 radical (unpaired) electrons. The Hall–Kier alpha value is -2.00. The Labute approximate surface area is 193 Å². The van der Waals surface area contributed by atoms with Gasteiger partial charge in [-0.15, -0.1) is 0 Å². The summed E-state index contributed by atoms with van der Waals surface area (Å²) in [5.41, 5.74) is -0.345. The highest BCUT2D eigenvalue weighted by atomic mass is 31.2. The van der Waals surface area contributed by atoms with Crippen LogP contribution in [0.5, 0.6) is 0 Å². The fourth-order valence-electron chi connectivity index (χ4n) is 4.62. The number of esters is 1. The first kappa shape index (κ1) is 26.3. The second-order valence-electron chi connectivity index (χ2n) is 8.57. The van der Waals surface area contributed by atoms with E-state index in [2.05, 4.69) is 20.8 Å². The van der Waals surface area contributed by atoms with Crippen LogP contribution in [-0.4, -0.2) is 53.4 Å². The summed E-state index contributed by atoms with van der Waals surface area (Å²) in [6, 6.07) is 6.59. The Morgan fingerprint density at radius 1 is 0.875 bits per heavy atom. The molecule has 0 aromatic heterocycles. The summed E-state index contributed by atoms with van der Waals surface area (Å²) in [5, 5.41) is 11.3. The van der Waals surface area contributed by atoms with Crippen LogP contribution in [0.3, 0.4) is 0 Å². The molecule has 1 aromatic carbocycles. The number of ether oxygens (including phenoxy) is 1. The van der Waals surface area contributed by atoms with Gasteiger partial charge < -0.3 is 9.84 Å². The summed E-state index contributed by atoms with van der Waals surface area (Å²) in [6.07, 6.45) is 8.35. The molecular formula is C26H38O5P+. The molecule has 1 aliphatic carbocycles. The Morgan fingerprint density at radius 3 is 1.84 bits per heavy atom. The van der Waals surface area contributed by atoms with Gasteiger partial charge in [-0.05, 0) is 26.2 Å². The molecule has 5 nitrogen and oxygen atoms in total. The molecule has 0 heterocycles. The zero-order valence-corrected chi connectivity index (χ0v) is 20.9. The molecule has 1 aliphatic rings. The number of carbonyl (C=O) groups excluding carboxylic acids is 3. The van der Waals surface area contributed by atoms with Crippen LogP contribution in [0, 0.1) is 0 Å². The fourth-order valence-corrected chi connectivity index (χ4v) is 10.2. The van der Waals surface area contributed by atoms with Gasteiger partial charge in [0, 0.05) is 18.4 Å². The standard InChI is InChI=1S/C26H37O5P/c1-5-9-16-32(17-10-6-2,18-11-7-3)25(26(30)31-8-4)21-22(27)19-14-12-13-15-20(19)23(28)24(21)29/h12-15,25H,5-11,16-18H2,1-4H3/p+1. The molecule has 0 saturated heterocycles. The van der Waals surface area contributed by atoms with Gasteiger partial charge in [-0.25, -0.2) is 4.79 Å². The summed E-state index contributed by atoms with van der Waals surface area (Å²) >= 11 is 0. The molecular weight excluding hydrogens is 423 g/mol. The Bertz CT molecular complexity index is 836. The second kappa shape index (κ2) is 12.3. The summed E-state index contributed by atoms with van der Waals surface area (Å²) in [6.45, 7) is 8.30. The molecule has 6 heteroatoms. The quantitative estimate of drug-likeness (QED) is 0.219. The van der Waals surface area contributed by atoms with Crippen LogP contribution in [0.25, 0.3) is 5.76 Å². The van der Waals surface area contributed by atoms with E-state index in [-0.39, 0.29) is 23.5 Å². The highest BCUT2D eigenvalue weighted by Crippen LogP contribution is 2.67. The van der Waals surface area contributed by atoms with E-state index in [4.69, 9.17) is 4.74 Å². The second-order valence-corrected chi connectivity index (χ2v) is 12.9. The van der Waals surface area contributed by atoms with Crippen LogP contribution in [0.1, 0.15) is 82.1 Å². The number of hydrogen-bond donors (Lipinski definition) is 1. The summed E-state index contributed by atoms with van der Waals surface area (Å²) in [7, 11) is -2.09. The van der Waals surface area contributed by atoms with Gasteiger partial charge in [-0.2, -0.15) is 0 Å². The van der Waals surface area contributed by atoms with Crippen molar-refractivity contribution in [1.29, 1.82) is 0 Å². The monoisotopic (exact) mass is 461 g/mol. The van der Waals surface area contributed by atoms with E-state index in [9.17, 15) is 19.5 Å². The number of aliphatic hydroxyl groups excluding tert-OH is 1. The van der Waals surface area contributed by atoms with Gasteiger partial charge in [0.25, 0.3) is 0 Å². The molecule has 1 aromatic rings. The number of ketones is 2. The molecule has 1 unspecified atom stereocenters. The Morgan fingerprint density at radius 2 is 1.38 bits per heavy atom. The normalized spacial score (nSPS) is 15.0. The number of aliphatic hydroxyl groups is 1. The highest BCUT2D eigenvalue weighted by molar-refractivity contribution is 7.77. The summed E-state index contributed by atoms with van der Waals surface area (Å²) in [4.78, 5) is 39.8. The Kier molecular flexibility index (Phi) is 10.1. The van der Waals surface area contributed by atoms with Crippen molar-refractivity contribution in [2.75, 3.05) is 25.1 Å². The SMILES string of the molecule is CCCC[P+](CCCC)(CCCC)C(C(=O)OCC)C1=C(O)c2ccccc2C(=O)C1=O. The van der Waals surface area contributed by atoms with Crippen LogP contribution in [0.4, 0.5) is 0 Å². The van der Waals surface area contributed by atoms with Crippen molar-refractivity contribution in [1.82, 2.24) is 0 Å². The molecule has 1 atom stereocenters. The van der Waals surface area contributed by atoms with Crippen LogP contribution in [0.15, 0.2) is 29.8 Å². The van der Waals surface area contributed by atoms with E-state index < -0.39 is 30.5 Å². The minimum absolute atomic E-state index is 0.0243. The first-order valence-electron chi connectivity index (χ1n) is 12.0. The molecule has 2 rings (SSSR count). The van der Waals surface area contributed by atoms with E-state index in [1.54, 1.807) is 31.2 Å². The molecule has 0 bridgehead atoms. The number of hydrogen-bond acceptors (Lipinski definition) is 5. The average molecular weight is 462 g/mol. The largest absolute Gasteiger partial charge is 0.507 e. The maximum Gasteiger partial charge on any atom is 0.351 e. The third kappa shape index (κ3) is 5.49. The van der Waals surface area contributed by atoms with Crippen LogP contribution in [-0.2, 0) is 14.3 Å². The maximum absolute atomic E-state index is 13.5. The van der Waals surface area contributed by atoms with Crippen LogP contribution >= 0.6 is 7.26 Å². The topological polar surface area (TPSA) is 80.7 Å². The first-order chi connectivity index (χ1) is 15.4. The maximum atomic E-state index is 13.5. The molecule has 0 fully saturated rings. The van der Waals surface area contributed by atoms with Gasteiger partial charge in [0.15, 0.2) is 5.66 Å². The summed E-state index contributed by atoms with van der Waals surface area (Å²) < 4.78 is 5.50. The van der Waals surface area contributed by atoms with Crippen molar-refractivity contribution < 1.29 is 24.2 Å². The van der Waals surface area contributed by atoms with E-state index in [1.807, 2.05) is 0 Å². The molecule has 0 aliphatic heterocycles. The number of rotatable bonds is 13. The lowest BCUT2D eigenvalue weighted by molar-refractivity contribution is -0.142. The number of benzene rings is 1. The Balaban J connectivity index is 2.77. The fraction of sp³-hybridized carbons (Fsp3) is 0.577. The minimum Gasteiger partial charge on any atom is -0.507 e. The highest BCUT2D eigenvalue weighted by Gasteiger charge is 2.55. The number of unbranched alkanes of at least 4 members (excludes halogenated alkanes) is 3. The van der Waals surface area contributed by atoms with Crippen molar-refractivity contribution in [3.05, 3.63) is 41.0 Å². The van der Waals surface area contributed by atoms with Crippen molar-refractivity contribution in [3.63, 3.8) is 0 Å². The molecule has 0 amide bonds. The number of Topliss-reactive ketones (excluding diaryl/α,β-unsaturated/α-hetero) is 2. The zero-order valence-electron chi connectivity index (χ0n) is 20.0. The minimum atomic E-state index is -2.09. The van der Waals surface area contributed by atoms with Gasteiger partial charge >= 0.3 is 5.97 Å². The number of carbonyl (C=O) groups is 3. The van der Waals surface area contributed by atoms with Crippen molar-refractivity contribution in [2.45, 2.75) is 71.9 Å². The zero-order chi connectivity index (χ0) is 23.7. The molecule has 32 heavy (non-hydrogen) atoms. The van der Waals surface area contributed by atoms with Gasteiger partial charge in [0.2, 0.25) is 11.6 Å². The van der Waals surface area contributed by atoms with Gasteiger partial charge in [-0.3, -0.25) is 9.59 Å². The predicted octanol–water partition coefficient (Wildman–Crippen LogP) is 6.07. The average Bonchev–Trinajstić information content (AvgIpc) is 2.80. The molecule has 0 spiro atoms. The molecule has 176 valence electrons. The lowest BCUT2D eigenvalue weighted by atomic mass is 9.87. The van der Waals surface area contributed by atoms with E-state index in [1.165, 1.54) is 0 Å². The van der Waals surface area contributed by atoms with Gasteiger partial charge in [-0.1, -0.05) is 64.3 Å². The smallest absolute Gasteiger partial charge is 0.351 e. The van der Waals surface area contributed by atoms with Crippen LogP contribution < -0.4 is 0 Å².